The minimum Gasteiger partial charge on any atom is -0.503 e. The summed E-state index contributed by atoms with van der Waals surface area (Å²) in [5.41, 5.74) is 1.21. The lowest BCUT2D eigenvalue weighted by Gasteiger charge is -2.26. The topological polar surface area (TPSA) is 89.2 Å². The summed E-state index contributed by atoms with van der Waals surface area (Å²) in [6.07, 6.45) is 0. The molecule has 1 aromatic heterocycles. The first kappa shape index (κ1) is 19.7. The Morgan fingerprint density at radius 2 is 1.87 bits per heavy atom. The number of methoxy groups -OCH3 is 2. The number of rotatable bonds is 7. The van der Waals surface area contributed by atoms with Crippen molar-refractivity contribution in [1.29, 1.82) is 0 Å². The fraction of sp³-hybridized carbons (Fsp3) is 0.217. The molecule has 0 aliphatic carbocycles. The van der Waals surface area contributed by atoms with Gasteiger partial charge in [0.25, 0.3) is 5.91 Å². The van der Waals surface area contributed by atoms with Crippen LogP contribution in [0.5, 0.6) is 5.75 Å². The number of aliphatic hydroxyl groups excluding tert-OH is 1. The number of fused-ring (bicyclic) bond motifs is 1. The number of para-hydroxylation sites is 1. The Kier molecular flexibility index (Phi) is 5.29. The summed E-state index contributed by atoms with van der Waals surface area (Å²) in [7, 11) is 3.08. The number of hydrogen-bond donors (Lipinski definition) is 1. The Morgan fingerprint density at radius 1 is 1.13 bits per heavy atom. The third kappa shape index (κ3) is 3.33. The zero-order chi connectivity index (χ0) is 21.3. The normalized spacial score (nSPS) is 16.5. The Bertz CT molecular complexity index is 1100. The average Bonchev–Trinajstić information content (AvgIpc) is 3.31. The van der Waals surface area contributed by atoms with Crippen molar-refractivity contribution < 1.29 is 28.6 Å². The fourth-order valence-electron chi connectivity index (χ4n) is 3.67. The molecule has 1 aliphatic rings. The molecule has 0 bridgehead atoms. The first-order valence-electron chi connectivity index (χ1n) is 9.45. The van der Waals surface area contributed by atoms with Gasteiger partial charge in [-0.2, -0.15) is 0 Å². The van der Waals surface area contributed by atoms with Gasteiger partial charge in [0.2, 0.25) is 5.78 Å². The summed E-state index contributed by atoms with van der Waals surface area (Å²) < 4.78 is 16.0. The minimum absolute atomic E-state index is 0.0136. The molecular weight excluding hydrogens is 386 g/mol. The second kappa shape index (κ2) is 8.04. The maximum Gasteiger partial charge on any atom is 0.290 e. The van der Waals surface area contributed by atoms with E-state index in [0.29, 0.717) is 16.9 Å². The molecule has 0 saturated carbocycles. The molecule has 1 amide bonds. The van der Waals surface area contributed by atoms with E-state index in [1.165, 1.54) is 12.0 Å². The van der Waals surface area contributed by atoms with E-state index in [2.05, 4.69) is 0 Å². The molecule has 1 N–H and O–H groups in total. The number of Topliss-reactive ketones (excluding diaryl/α,β-unsaturated/α-hetero) is 1. The average molecular weight is 407 g/mol. The van der Waals surface area contributed by atoms with Gasteiger partial charge in [-0.15, -0.1) is 0 Å². The first-order chi connectivity index (χ1) is 14.5. The highest BCUT2D eigenvalue weighted by molar-refractivity contribution is 6.16. The number of benzene rings is 2. The van der Waals surface area contributed by atoms with Crippen LogP contribution in [0.15, 0.2) is 70.3 Å². The first-order valence-corrected chi connectivity index (χ1v) is 9.45. The van der Waals surface area contributed by atoms with Crippen molar-refractivity contribution in [1.82, 2.24) is 4.90 Å². The molecule has 4 rings (SSSR count). The predicted octanol–water partition coefficient (Wildman–Crippen LogP) is 3.67. The molecule has 30 heavy (non-hydrogen) atoms. The van der Waals surface area contributed by atoms with Crippen molar-refractivity contribution in [2.45, 2.75) is 6.04 Å². The Hall–Kier alpha value is -3.58. The summed E-state index contributed by atoms with van der Waals surface area (Å²) in [6.45, 7) is 0.477. The summed E-state index contributed by atoms with van der Waals surface area (Å²) in [5, 5.41) is 11.4. The highest BCUT2D eigenvalue weighted by atomic mass is 16.5. The molecule has 0 saturated heterocycles. The molecule has 1 unspecified atom stereocenters. The Morgan fingerprint density at radius 3 is 2.53 bits per heavy atom. The van der Waals surface area contributed by atoms with Gasteiger partial charge in [-0.25, -0.2) is 0 Å². The van der Waals surface area contributed by atoms with Crippen LogP contribution in [0.1, 0.15) is 22.2 Å². The quantitative estimate of drug-likeness (QED) is 0.601. The van der Waals surface area contributed by atoms with E-state index < -0.39 is 23.5 Å². The molecule has 154 valence electrons. The maximum absolute atomic E-state index is 13.4. The minimum atomic E-state index is -0.765. The standard InChI is InChI=1S/C23H21NO6/c1-28-12-11-24-20(14-7-9-16(29-2)10-8-14)19(22(26)23(24)27)21(25)18-13-15-5-3-4-6-17(15)30-18/h3-10,13,20,26H,11-12H2,1-2H3. The van der Waals surface area contributed by atoms with E-state index in [1.807, 2.05) is 18.2 Å². The molecule has 0 fully saturated rings. The van der Waals surface area contributed by atoms with Gasteiger partial charge in [0.05, 0.1) is 25.3 Å². The van der Waals surface area contributed by atoms with Crippen molar-refractivity contribution in [2.24, 2.45) is 0 Å². The number of carbonyl (C=O) groups excluding carboxylic acids is 2. The summed E-state index contributed by atoms with van der Waals surface area (Å²) in [5.74, 6) is -1.01. The van der Waals surface area contributed by atoms with Gasteiger partial charge in [0, 0.05) is 19.0 Å². The van der Waals surface area contributed by atoms with Crippen molar-refractivity contribution in [3.63, 3.8) is 0 Å². The van der Waals surface area contributed by atoms with E-state index in [4.69, 9.17) is 13.9 Å². The van der Waals surface area contributed by atoms with Crippen molar-refractivity contribution in [2.75, 3.05) is 27.4 Å². The Balaban J connectivity index is 1.78. The van der Waals surface area contributed by atoms with Crippen LogP contribution in [0, 0.1) is 0 Å². The molecule has 7 nitrogen and oxygen atoms in total. The van der Waals surface area contributed by atoms with E-state index >= 15 is 0 Å². The van der Waals surface area contributed by atoms with Crippen LogP contribution in [-0.2, 0) is 9.53 Å². The smallest absolute Gasteiger partial charge is 0.290 e. The number of amides is 1. The summed E-state index contributed by atoms with van der Waals surface area (Å²) in [6, 6.07) is 15.1. The van der Waals surface area contributed by atoms with Crippen LogP contribution < -0.4 is 4.74 Å². The summed E-state index contributed by atoms with van der Waals surface area (Å²) in [4.78, 5) is 27.6. The van der Waals surface area contributed by atoms with Crippen LogP contribution >= 0.6 is 0 Å². The van der Waals surface area contributed by atoms with E-state index in [0.717, 1.165) is 5.39 Å². The van der Waals surface area contributed by atoms with Crippen LogP contribution in [0.25, 0.3) is 11.0 Å². The number of ether oxygens (including phenoxy) is 2. The Labute approximate surface area is 173 Å². The lowest BCUT2D eigenvalue weighted by molar-refractivity contribution is -0.130. The lowest BCUT2D eigenvalue weighted by atomic mass is 9.95. The SMILES string of the molecule is COCCN1C(=O)C(O)=C(C(=O)c2cc3ccccc3o2)C1c1ccc(OC)cc1. The number of nitrogens with zero attached hydrogens (tertiary/aromatic N) is 1. The van der Waals surface area contributed by atoms with Gasteiger partial charge in [-0.3, -0.25) is 9.59 Å². The van der Waals surface area contributed by atoms with E-state index in [9.17, 15) is 14.7 Å². The zero-order valence-corrected chi connectivity index (χ0v) is 16.6. The van der Waals surface area contributed by atoms with Crippen molar-refractivity contribution >= 4 is 22.7 Å². The highest BCUT2D eigenvalue weighted by Crippen LogP contribution is 2.39. The monoisotopic (exact) mass is 407 g/mol. The van der Waals surface area contributed by atoms with Crippen molar-refractivity contribution in [3.8, 4) is 5.75 Å². The molecule has 2 aromatic carbocycles. The lowest BCUT2D eigenvalue weighted by Crippen LogP contribution is -2.33. The third-order valence-corrected chi connectivity index (χ3v) is 5.17. The number of carbonyl (C=O) groups is 2. The predicted molar refractivity (Wildman–Crippen MR) is 110 cm³/mol. The van der Waals surface area contributed by atoms with Gasteiger partial charge in [-0.05, 0) is 29.8 Å². The highest BCUT2D eigenvalue weighted by Gasteiger charge is 2.44. The molecule has 0 radical (unpaired) electrons. The van der Waals surface area contributed by atoms with Gasteiger partial charge in [-0.1, -0.05) is 30.3 Å². The second-order valence-corrected chi connectivity index (χ2v) is 6.91. The van der Waals surface area contributed by atoms with Crippen LogP contribution in [-0.4, -0.2) is 49.1 Å². The van der Waals surface area contributed by atoms with Crippen LogP contribution in [0.3, 0.4) is 0 Å². The molecule has 2 heterocycles. The van der Waals surface area contributed by atoms with E-state index in [-0.39, 0.29) is 24.5 Å². The zero-order valence-electron chi connectivity index (χ0n) is 16.6. The van der Waals surface area contributed by atoms with Gasteiger partial charge in [0.1, 0.15) is 11.3 Å². The molecule has 1 atom stereocenters. The number of aliphatic hydroxyl groups is 1. The van der Waals surface area contributed by atoms with Crippen LogP contribution in [0.2, 0.25) is 0 Å². The van der Waals surface area contributed by atoms with Gasteiger partial charge < -0.3 is 23.9 Å². The van der Waals surface area contributed by atoms with E-state index in [1.54, 1.807) is 43.5 Å². The number of hydrogen-bond acceptors (Lipinski definition) is 6. The van der Waals surface area contributed by atoms with Gasteiger partial charge >= 0.3 is 0 Å². The second-order valence-electron chi connectivity index (χ2n) is 6.91. The molecular formula is C23H21NO6. The maximum atomic E-state index is 13.4. The fourth-order valence-corrected chi connectivity index (χ4v) is 3.67. The molecule has 7 heteroatoms. The summed E-state index contributed by atoms with van der Waals surface area (Å²) >= 11 is 0. The van der Waals surface area contributed by atoms with Gasteiger partial charge in [0.15, 0.2) is 11.5 Å². The molecule has 1 aliphatic heterocycles. The molecule has 3 aromatic rings. The van der Waals surface area contributed by atoms with Crippen LogP contribution in [0.4, 0.5) is 0 Å². The number of ketones is 1. The third-order valence-electron chi connectivity index (χ3n) is 5.17. The largest absolute Gasteiger partial charge is 0.503 e. The van der Waals surface area contributed by atoms with Crippen molar-refractivity contribution in [3.05, 3.63) is 77.3 Å². The molecule has 0 spiro atoms. The number of furan rings is 1.